The van der Waals surface area contributed by atoms with E-state index >= 15 is 0 Å². The maximum atomic E-state index is 11.6. The van der Waals surface area contributed by atoms with Crippen LogP contribution in [0, 0.1) is 11.3 Å². The van der Waals surface area contributed by atoms with E-state index in [0.717, 1.165) is 12.2 Å². The summed E-state index contributed by atoms with van der Waals surface area (Å²) in [6, 6.07) is 6.79. The standard InChI is InChI=1S/C14H19N3O2S/c1-3-19-13-6-5-12(9-11(13)10-15)17-14(18)16-7-4-8-20-2/h5-6,9H,3-4,7-8H2,1-2H3,(H2,16,17,18). The van der Waals surface area contributed by atoms with Crippen LogP contribution < -0.4 is 15.4 Å². The normalized spacial score (nSPS) is 9.65. The Hall–Kier alpha value is -1.87. The van der Waals surface area contributed by atoms with Crippen molar-refractivity contribution in [3.05, 3.63) is 23.8 Å². The Bertz CT molecular complexity index is 486. The SMILES string of the molecule is CCOc1ccc(NC(=O)NCCCSC)cc1C#N. The van der Waals surface area contributed by atoms with Gasteiger partial charge in [0.15, 0.2) is 0 Å². The third kappa shape index (κ3) is 5.41. The minimum absolute atomic E-state index is 0.265. The summed E-state index contributed by atoms with van der Waals surface area (Å²) in [7, 11) is 0. The van der Waals surface area contributed by atoms with Crippen molar-refractivity contribution in [2.75, 3.05) is 30.5 Å². The minimum atomic E-state index is -0.265. The van der Waals surface area contributed by atoms with Crippen LogP contribution in [0.1, 0.15) is 18.9 Å². The zero-order valence-electron chi connectivity index (χ0n) is 11.7. The van der Waals surface area contributed by atoms with Crippen LogP contribution >= 0.6 is 11.8 Å². The van der Waals surface area contributed by atoms with E-state index in [4.69, 9.17) is 10.00 Å². The fourth-order valence-corrected chi connectivity index (χ4v) is 2.00. The molecule has 108 valence electrons. The number of benzene rings is 1. The maximum Gasteiger partial charge on any atom is 0.319 e. The van der Waals surface area contributed by atoms with Crippen LogP contribution in [0.3, 0.4) is 0 Å². The number of ether oxygens (including phenoxy) is 1. The van der Waals surface area contributed by atoms with Gasteiger partial charge < -0.3 is 15.4 Å². The van der Waals surface area contributed by atoms with Crippen LogP contribution in [0.2, 0.25) is 0 Å². The average Bonchev–Trinajstić information content (AvgIpc) is 2.45. The minimum Gasteiger partial charge on any atom is -0.492 e. The van der Waals surface area contributed by atoms with E-state index in [0.29, 0.717) is 30.2 Å². The lowest BCUT2D eigenvalue weighted by atomic mass is 10.2. The number of anilines is 1. The number of thioether (sulfide) groups is 1. The van der Waals surface area contributed by atoms with Crippen LogP contribution in [-0.4, -0.2) is 31.2 Å². The van der Waals surface area contributed by atoms with Crippen LogP contribution in [0.25, 0.3) is 0 Å². The second-order valence-electron chi connectivity index (χ2n) is 3.98. The molecule has 0 aliphatic heterocycles. The van der Waals surface area contributed by atoms with Gasteiger partial charge in [-0.05, 0) is 43.6 Å². The van der Waals surface area contributed by atoms with E-state index in [1.165, 1.54) is 0 Å². The molecular formula is C14H19N3O2S. The predicted molar refractivity (Wildman–Crippen MR) is 82.3 cm³/mol. The monoisotopic (exact) mass is 293 g/mol. The molecule has 0 aliphatic rings. The number of nitriles is 1. The molecule has 1 aromatic rings. The molecule has 0 fully saturated rings. The van der Waals surface area contributed by atoms with Crippen molar-refractivity contribution in [2.45, 2.75) is 13.3 Å². The third-order valence-electron chi connectivity index (χ3n) is 2.47. The number of rotatable bonds is 7. The van der Waals surface area contributed by atoms with Crippen molar-refractivity contribution < 1.29 is 9.53 Å². The van der Waals surface area contributed by atoms with E-state index in [2.05, 4.69) is 16.7 Å². The first-order valence-corrected chi connectivity index (χ1v) is 7.81. The Balaban J connectivity index is 2.55. The smallest absolute Gasteiger partial charge is 0.319 e. The molecule has 1 aromatic carbocycles. The zero-order chi connectivity index (χ0) is 14.8. The number of nitrogens with one attached hydrogen (secondary N) is 2. The number of hydrogen-bond acceptors (Lipinski definition) is 4. The Morgan fingerprint density at radius 1 is 1.50 bits per heavy atom. The highest BCUT2D eigenvalue weighted by atomic mass is 32.2. The number of carbonyl (C=O) groups is 1. The topological polar surface area (TPSA) is 74.2 Å². The number of nitrogens with zero attached hydrogens (tertiary/aromatic N) is 1. The highest BCUT2D eigenvalue weighted by molar-refractivity contribution is 7.98. The molecule has 0 spiro atoms. The largest absolute Gasteiger partial charge is 0.492 e. The lowest BCUT2D eigenvalue weighted by molar-refractivity contribution is 0.252. The number of urea groups is 1. The summed E-state index contributed by atoms with van der Waals surface area (Å²) >= 11 is 1.75. The molecule has 0 bridgehead atoms. The van der Waals surface area contributed by atoms with Crippen molar-refractivity contribution in [1.29, 1.82) is 5.26 Å². The molecule has 2 N–H and O–H groups in total. The Labute approximate surface area is 123 Å². The molecule has 1 rings (SSSR count). The number of carbonyl (C=O) groups excluding carboxylic acids is 1. The van der Waals surface area contributed by atoms with E-state index < -0.39 is 0 Å². The van der Waals surface area contributed by atoms with Gasteiger partial charge in [-0.25, -0.2) is 4.79 Å². The van der Waals surface area contributed by atoms with Gasteiger partial charge in [0, 0.05) is 12.2 Å². The van der Waals surface area contributed by atoms with Crippen molar-refractivity contribution >= 4 is 23.5 Å². The molecular weight excluding hydrogens is 274 g/mol. The van der Waals surface area contributed by atoms with Gasteiger partial charge in [0.05, 0.1) is 12.2 Å². The lowest BCUT2D eigenvalue weighted by Crippen LogP contribution is -2.29. The van der Waals surface area contributed by atoms with Gasteiger partial charge >= 0.3 is 6.03 Å². The van der Waals surface area contributed by atoms with Gasteiger partial charge in [-0.2, -0.15) is 17.0 Å². The zero-order valence-corrected chi connectivity index (χ0v) is 12.5. The van der Waals surface area contributed by atoms with Crippen molar-refractivity contribution in [3.63, 3.8) is 0 Å². The summed E-state index contributed by atoms with van der Waals surface area (Å²) in [4.78, 5) is 11.6. The van der Waals surface area contributed by atoms with E-state index in [-0.39, 0.29) is 6.03 Å². The lowest BCUT2D eigenvalue weighted by Gasteiger charge is -2.10. The quantitative estimate of drug-likeness (QED) is 0.758. The molecule has 5 nitrogen and oxygen atoms in total. The first-order chi connectivity index (χ1) is 9.71. The highest BCUT2D eigenvalue weighted by Crippen LogP contribution is 2.22. The predicted octanol–water partition coefficient (Wildman–Crippen LogP) is 2.83. The molecule has 0 saturated carbocycles. The highest BCUT2D eigenvalue weighted by Gasteiger charge is 2.06. The van der Waals surface area contributed by atoms with Gasteiger partial charge in [-0.15, -0.1) is 0 Å². The molecule has 2 amide bonds. The second kappa shape index (κ2) is 9.10. The first-order valence-electron chi connectivity index (χ1n) is 6.42. The van der Waals surface area contributed by atoms with E-state index in [1.807, 2.05) is 13.2 Å². The maximum absolute atomic E-state index is 11.6. The number of hydrogen-bond donors (Lipinski definition) is 2. The van der Waals surface area contributed by atoms with Gasteiger partial charge in [0.2, 0.25) is 0 Å². The van der Waals surface area contributed by atoms with Gasteiger partial charge in [-0.1, -0.05) is 0 Å². The summed E-state index contributed by atoms with van der Waals surface area (Å²) in [5, 5.41) is 14.5. The van der Waals surface area contributed by atoms with E-state index in [1.54, 1.807) is 30.0 Å². The average molecular weight is 293 g/mol. The summed E-state index contributed by atoms with van der Waals surface area (Å²) in [5.74, 6) is 1.54. The molecule has 0 heterocycles. The van der Waals surface area contributed by atoms with Gasteiger partial charge in [0.25, 0.3) is 0 Å². The van der Waals surface area contributed by atoms with Gasteiger partial charge in [-0.3, -0.25) is 0 Å². The Kier molecular flexibility index (Phi) is 7.36. The molecule has 6 heteroatoms. The van der Waals surface area contributed by atoms with Crippen LogP contribution in [-0.2, 0) is 0 Å². The van der Waals surface area contributed by atoms with Crippen molar-refractivity contribution in [1.82, 2.24) is 5.32 Å². The molecule has 0 radical (unpaired) electrons. The second-order valence-corrected chi connectivity index (χ2v) is 4.97. The molecule has 0 atom stereocenters. The van der Waals surface area contributed by atoms with Crippen LogP contribution in [0.5, 0.6) is 5.75 Å². The summed E-state index contributed by atoms with van der Waals surface area (Å²) in [6.45, 7) is 2.99. The summed E-state index contributed by atoms with van der Waals surface area (Å²) < 4.78 is 5.33. The summed E-state index contributed by atoms with van der Waals surface area (Å²) in [6.07, 6.45) is 2.96. The molecule has 0 aliphatic carbocycles. The fourth-order valence-electron chi connectivity index (χ4n) is 1.57. The third-order valence-corrected chi connectivity index (χ3v) is 3.17. The Morgan fingerprint density at radius 2 is 2.30 bits per heavy atom. The molecule has 0 saturated heterocycles. The fraction of sp³-hybridized carbons (Fsp3) is 0.429. The molecule has 20 heavy (non-hydrogen) atoms. The Morgan fingerprint density at radius 3 is 2.95 bits per heavy atom. The van der Waals surface area contributed by atoms with E-state index in [9.17, 15) is 4.79 Å². The van der Waals surface area contributed by atoms with Crippen LogP contribution in [0.4, 0.5) is 10.5 Å². The van der Waals surface area contributed by atoms with Crippen molar-refractivity contribution in [3.8, 4) is 11.8 Å². The first kappa shape index (κ1) is 16.2. The number of amides is 2. The van der Waals surface area contributed by atoms with Gasteiger partial charge in [0.1, 0.15) is 11.8 Å². The summed E-state index contributed by atoms with van der Waals surface area (Å²) in [5.41, 5.74) is 0.986. The molecule has 0 unspecified atom stereocenters. The molecule has 0 aromatic heterocycles. The van der Waals surface area contributed by atoms with Crippen molar-refractivity contribution in [2.24, 2.45) is 0 Å². The van der Waals surface area contributed by atoms with Crippen LogP contribution in [0.15, 0.2) is 18.2 Å².